The lowest BCUT2D eigenvalue weighted by Gasteiger charge is -2.09. The van der Waals surface area contributed by atoms with Gasteiger partial charge in [-0.1, -0.05) is 41.1 Å². The Balaban J connectivity index is 2.31. The molecule has 2 aromatic rings. The molecule has 0 radical (unpaired) electrons. The van der Waals surface area contributed by atoms with E-state index in [1.54, 1.807) is 24.3 Å². The van der Waals surface area contributed by atoms with Gasteiger partial charge in [-0.05, 0) is 18.2 Å². The molecule has 0 spiro atoms. The predicted octanol–water partition coefficient (Wildman–Crippen LogP) is 2.95. The number of amides is 1. The quantitative estimate of drug-likeness (QED) is 0.836. The Morgan fingerprint density at radius 2 is 2.14 bits per heavy atom. The van der Waals surface area contributed by atoms with Crippen molar-refractivity contribution in [2.45, 2.75) is 0 Å². The second-order valence-electron chi connectivity index (χ2n) is 3.98. The van der Waals surface area contributed by atoms with Crippen molar-refractivity contribution in [3.05, 3.63) is 57.8 Å². The fourth-order valence-electron chi connectivity index (χ4n) is 1.63. The van der Waals surface area contributed by atoms with Crippen molar-refractivity contribution in [2.24, 2.45) is 5.73 Å². The summed E-state index contributed by atoms with van der Waals surface area (Å²) in [5.41, 5.74) is 6.66. The first-order valence-corrected chi connectivity index (χ1v) is 6.77. The Kier molecular flexibility index (Phi) is 5.18. The van der Waals surface area contributed by atoms with Gasteiger partial charge in [0.05, 0.1) is 33.4 Å². The molecule has 3 N–H and O–H groups in total. The van der Waals surface area contributed by atoms with Crippen molar-refractivity contribution < 1.29 is 4.79 Å². The fraction of sp³-hybridized carbons (Fsp3) is 0.0667. The summed E-state index contributed by atoms with van der Waals surface area (Å²) < 4.78 is 0. The van der Waals surface area contributed by atoms with Gasteiger partial charge >= 0.3 is 0 Å². The van der Waals surface area contributed by atoms with Crippen LogP contribution in [0.4, 0.5) is 5.69 Å². The maximum Gasteiger partial charge on any atom is 0.257 e. The molecule has 1 aromatic heterocycles. The fourth-order valence-corrected chi connectivity index (χ4v) is 1.98. The summed E-state index contributed by atoms with van der Waals surface area (Å²) in [6.45, 7) is 0.204. The third kappa shape index (κ3) is 3.73. The van der Waals surface area contributed by atoms with E-state index in [1.165, 1.54) is 12.4 Å². The van der Waals surface area contributed by atoms with Crippen LogP contribution in [0.5, 0.6) is 0 Å². The molecular formula is C15H11Cl2N3O. The number of pyridine rings is 1. The van der Waals surface area contributed by atoms with Crippen molar-refractivity contribution in [2.75, 3.05) is 11.9 Å². The highest BCUT2D eigenvalue weighted by Gasteiger charge is 2.13. The molecule has 1 amide bonds. The molecule has 1 aromatic carbocycles. The van der Waals surface area contributed by atoms with Crippen molar-refractivity contribution in [3.63, 3.8) is 0 Å². The van der Waals surface area contributed by atoms with E-state index in [-0.39, 0.29) is 17.5 Å². The van der Waals surface area contributed by atoms with Crippen LogP contribution in [0.3, 0.4) is 0 Å². The molecule has 1 heterocycles. The zero-order valence-corrected chi connectivity index (χ0v) is 12.4. The lowest BCUT2D eigenvalue weighted by Crippen LogP contribution is -2.14. The lowest BCUT2D eigenvalue weighted by molar-refractivity contribution is 0.102. The number of hydrogen-bond donors (Lipinski definition) is 2. The van der Waals surface area contributed by atoms with E-state index < -0.39 is 0 Å². The minimum absolute atomic E-state index is 0.204. The van der Waals surface area contributed by atoms with E-state index in [0.29, 0.717) is 21.8 Å². The molecule has 0 unspecified atom stereocenters. The Morgan fingerprint density at radius 3 is 2.90 bits per heavy atom. The highest BCUT2D eigenvalue weighted by molar-refractivity contribution is 6.44. The summed E-state index contributed by atoms with van der Waals surface area (Å²) in [6, 6.07) is 6.59. The average molecular weight is 320 g/mol. The number of anilines is 1. The number of carbonyl (C=O) groups excluding carboxylic acids is 1. The maximum absolute atomic E-state index is 12.3. The summed E-state index contributed by atoms with van der Waals surface area (Å²) >= 11 is 12.0. The van der Waals surface area contributed by atoms with Crippen LogP contribution in [-0.2, 0) is 0 Å². The van der Waals surface area contributed by atoms with E-state index in [0.717, 1.165) is 0 Å². The van der Waals surface area contributed by atoms with Crippen LogP contribution in [0.15, 0.2) is 36.7 Å². The summed E-state index contributed by atoms with van der Waals surface area (Å²) in [4.78, 5) is 16.3. The number of carbonyl (C=O) groups is 1. The second kappa shape index (κ2) is 7.09. The molecule has 0 saturated heterocycles. The molecule has 0 aliphatic carbocycles. The number of aromatic nitrogens is 1. The summed E-state index contributed by atoms with van der Waals surface area (Å²) in [6.07, 6.45) is 3.03. The van der Waals surface area contributed by atoms with Gasteiger partial charge in [0.1, 0.15) is 0 Å². The first-order chi connectivity index (χ1) is 10.1. The van der Waals surface area contributed by atoms with E-state index in [1.807, 2.05) is 0 Å². The number of hydrogen-bond acceptors (Lipinski definition) is 3. The molecule has 6 heteroatoms. The van der Waals surface area contributed by atoms with Crippen LogP contribution in [0.1, 0.15) is 15.9 Å². The summed E-state index contributed by atoms with van der Waals surface area (Å²) in [5, 5.41) is 3.36. The summed E-state index contributed by atoms with van der Waals surface area (Å²) in [5.74, 6) is 5.16. The minimum atomic E-state index is -0.345. The largest absolute Gasteiger partial charge is 0.321 e. The zero-order chi connectivity index (χ0) is 15.2. The zero-order valence-electron chi connectivity index (χ0n) is 10.9. The van der Waals surface area contributed by atoms with Gasteiger partial charge < -0.3 is 11.1 Å². The average Bonchev–Trinajstić information content (AvgIpc) is 2.50. The van der Waals surface area contributed by atoms with Crippen LogP contribution in [0.2, 0.25) is 10.0 Å². The first-order valence-electron chi connectivity index (χ1n) is 6.01. The standard InChI is InChI=1S/C15H11Cl2N3O/c16-12-4-1-5-13(14(12)17)20-15(21)11-6-8-19-9-10(11)3-2-7-18/h1,4-6,8-9H,7,18H2,(H,20,21). The van der Waals surface area contributed by atoms with Crippen LogP contribution >= 0.6 is 23.2 Å². The number of rotatable bonds is 2. The molecule has 21 heavy (non-hydrogen) atoms. The van der Waals surface area contributed by atoms with E-state index in [9.17, 15) is 4.79 Å². The van der Waals surface area contributed by atoms with Gasteiger partial charge in [0.25, 0.3) is 5.91 Å². The minimum Gasteiger partial charge on any atom is -0.321 e. The molecule has 0 aliphatic heterocycles. The lowest BCUT2D eigenvalue weighted by atomic mass is 10.1. The molecule has 2 rings (SSSR count). The molecule has 0 atom stereocenters. The third-order valence-corrected chi connectivity index (χ3v) is 3.41. The van der Waals surface area contributed by atoms with Gasteiger partial charge in [-0.15, -0.1) is 0 Å². The third-order valence-electron chi connectivity index (χ3n) is 2.59. The first kappa shape index (κ1) is 15.3. The maximum atomic E-state index is 12.3. The topological polar surface area (TPSA) is 68.0 Å². The van der Waals surface area contributed by atoms with E-state index in [4.69, 9.17) is 28.9 Å². The van der Waals surface area contributed by atoms with Crippen LogP contribution in [0, 0.1) is 11.8 Å². The Labute approximate surface area is 132 Å². The predicted molar refractivity (Wildman–Crippen MR) is 84.6 cm³/mol. The van der Waals surface area contributed by atoms with Gasteiger partial charge in [0, 0.05) is 12.4 Å². The second-order valence-corrected chi connectivity index (χ2v) is 4.77. The number of halogens is 2. The molecule has 0 bridgehead atoms. The van der Waals surface area contributed by atoms with Gasteiger partial charge in [-0.3, -0.25) is 9.78 Å². The van der Waals surface area contributed by atoms with Gasteiger partial charge in [-0.2, -0.15) is 0 Å². The SMILES string of the molecule is NCC#Cc1cnccc1C(=O)Nc1cccc(Cl)c1Cl. The Morgan fingerprint density at radius 1 is 1.33 bits per heavy atom. The highest BCUT2D eigenvalue weighted by Crippen LogP contribution is 2.29. The van der Waals surface area contributed by atoms with Gasteiger partial charge in [0.2, 0.25) is 0 Å². The van der Waals surface area contributed by atoms with Crippen molar-refractivity contribution in [1.29, 1.82) is 0 Å². The normalized spacial score (nSPS) is 9.67. The van der Waals surface area contributed by atoms with E-state index >= 15 is 0 Å². The van der Waals surface area contributed by atoms with Crippen LogP contribution in [-0.4, -0.2) is 17.4 Å². The number of nitrogens with zero attached hydrogens (tertiary/aromatic N) is 1. The smallest absolute Gasteiger partial charge is 0.257 e. The van der Waals surface area contributed by atoms with Gasteiger partial charge in [0.15, 0.2) is 0 Å². The molecule has 4 nitrogen and oxygen atoms in total. The van der Waals surface area contributed by atoms with Crippen molar-refractivity contribution in [1.82, 2.24) is 4.98 Å². The molecule has 0 fully saturated rings. The van der Waals surface area contributed by atoms with E-state index in [2.05, 4.69) is 22.1 Å². The molecule has 106 valence electrons. The molecular weight excluding hydrogens is 309 g/mol. The highest BCUT2D eigenvalue weighted by atomic mass is 35.5. The number of nitrogens with one attached hydrogen (secondary N) is 1. The van der Waals surface area contributed by atoms with Crippen molar-refractivity contribution >= 4 is 34.8 Å². The monoisotopic (exact) mass is 319 g/mol. The van der Waals surface area contributed by atoms with Crippen molar-refractivity contribution in [3.8, 4) is 11.8 Å². The summed E-state index contributed by atoms with van der Waals surface area (Å²) in [7, 11) is 0. The number of benzene rings is 1. The number of nitrogens with two attached hydrogens (primary N) is 1. The molecule has 0 saturated carbocycles. The van der Waals surface area contributed by atoms with Gasteiger partial charge in [-0.25, -0.2) is 0 Å². The molecule has 0 aliphatic rings. The Hall–Kier alpha value is -2.06. The Bertz CT molecular complexity index is 735. The van der Waals surface area contributed by atoms with Crippen LogP contribution < -0.4 is 11.1 Å². The van der Waals surface area contributed by atoms with Crippen LogP contribution in [0.25, 0.3) is 0 Å².